The fourth-order valence-electron chi connectivity index (χ4n) is 3.94. The Labute approximate surface area is 200 Å². The van der Waals surface area contributed by atoms with E-state index in [1.54, 1.807) is 43.3 Å². The highest BCUT2D eigenvalue weighted by atomic mass is 32.2. The van der Waals surface area contributed by atoms with Gasteiger partial charge in [-0.2, -0.15) is 21.6 Å². The van der Waals surface area contributed by atoms with Crippen molar-refractivity contribution in [2.75, 3.05) is 12.4 Å². The summed E-state index contributed by atoms with van der Waals surface area (Å²) in [7, 11) is -2.89. The van der Waals surface area contributed by atoms with Gasteiger partial charge in [-0.15, -0.1) is 0 Å². The van der Waals surface area contributed by atoms with E-state index < -0.39 is 39.8 Å². The van der Waals surface area contributed by atoms with Crippen LogP contribution >= 0.6 is 0 Å². The Balaban J connectivity index is 1.78. The van der Waals surface area contributed by atoms with Crippen molar-refractivity contribution >= 4 is 21.7 Å². The molecule has 1 aliphatic heterocycles. The summed E-state index contributed by atoms with van der Waals surface area (Å²) in [5, 5.41) is 2.54. The third-order valence-electron chi connectivity index (χ3n) is 5.84. The second kappa shape index (κ2) is 9.35. The third kappa shape index (κ3) is 5.33. The molecular formula is C25H22F3NO5S. The topological polar surface area (TPSA) is 81.7 Å². The van der Waals surface area contributed by atoms with E-state index in [0.29, 0.717) is 11.3 Å². The molecule has 0 saturated heterocycles. The predicted octanol–water partition coefficient (Wildman–Crippen LogP) is 5.07. The molecule has 0 fully saturated rings. The normalized spacial score (nSPS) is 18.4. The average Bonchev–Trinajstić information content (AvgIpc) is 2.94. The molecule has 0 bridgehead atoms. The molecule has 0 aliphatic carbocycles. The summed E-state index contributed by atoms with van der Waals surface area (Å²) in [4.78, 5) is 13.0. The first kappa shape index (κ1) is 24.7. The highest BCUT2D eigenvalue weighted by molar-refractivity contribution is 7.86. The van der Waals surface area contributed by atoms with Crippen molar-refractivity contribution in [2.24, 2.45) is 0 Å². The molecule has 0 unspecified atom stereocenters. The standard InChI is InChI=1S/C25H22F3NO5S/c1-15-3-10-20(11-4-15)35(31,32)34-23-21(16-5-8-19(33-2)9-6-16)14-17-13-18(25(26,27)28)7-12-22(17)29-24(23)30/h3-13,21,23H,14H2,1-2H3,(H,29,30)/t21-,23-/m1/s1. The Morgan fingerprint density at radius 2 is 1.63 bits per heavy atom. The third-order valence-corrected chi connectivity index (χ3v) is 7.15. The predicted molar refractivity (Wildman–Crippen MR) is 123 cm³/mol. The van der Waals surface area contributed by atoms with Crippen LogP contribution in [-0.4, -0.2) is 27.5 Å². The first-order valence-electron chi connectivity index (χ1n) is 10.6. The Hall–Kier alpha value is -3.37. The van der Waals surface area contributed by atoms with Crippen LogP contribution in [0.3, 0.4) is 0 Å². The van der Waals surface area contributed by atoms with E-state index in [2.05, 4.69) is 5.32 Å². The molecule has 10 heteroatoms. The fourth-order valence-corrected chi connectivity index (χ4v) is 5.02. The number of hydrogen-bond acceptors (Lipinski definition) is 5. The number of alkyl halides is 3. The van der Waals surface area contributed by atoms with Gasteiger partial charge in [-0.3, -0.25) is 8.98 Å². The number of carbonyl (C=O) groups excluding carboxylic acids is 1. The average molecular weight is 506 g/mol. The van der Waals surface area contributed by atoms with Gasteiger partial charge in [0.15, 0.2) is 6.10 Å². The molecule has 0 aromatic heterocycles. The lowest BCUT2D eigenvalue weighted by atomic mass is 9.87. The van der Waals surface area contributed by atoms with Crippen molar-refractivity contribution in [1.82, 2.24) is 0 Å². The summed E-state index contributed by atoms with van der Waals surface area (Å²) in [6.45, 7) is 1.79. The van der Waals surface area contributed by atoms with Crippen LogP contribution in [0.4, 0.5) is 18.9 Å². The number of carbonyl (C=O) groups is 1. The number of halogens is 3. The van der Waals surface area contributed by atoms with Crippen molar-refractivity contribution in [3.8, 4) is 5.75 Å². The number of methoxy groups -OCH3 is 1. The fraction of sp³-hybridized carbons (Fsp3) is 0.240. The maximum atomic E-state index is 13.3. The van der Waals surface area contributed by atoms with E-state index in [4.69, 9.17) is 8.92 Å². The minimum atomic E-state index is -4.58. The Bertz CT molecular complexity index is 1340. The van der Waals surface area contributed by atoms with Gasteiger partial charge in [0.25, 0.3) is 16.0 Å². The summed E-state index contributed by atoms with van der Waals surface area (Å²) in [6.07, 6.45) is -6.18. The smallest absolute Gasteiger partial charge is 0.416 e. The van der Waals surface area contributed by atoms with E-state index in [-0.39, 0.29) is 22.6 Å². The monoisotopic (exact) mass is 505 g/mol. The van der Waals surface area contributed by atoms with Crippen molar-refractivity contribution in [1.29, 1.82) is 0 Å². The highest BCUT2D eigenvalue weighted by Gasteiger charge is 2.39. The van der Waals surface area contributed by atoms with Crippen LogP contribution in [0.1, 0.15) is 28.2 Å². The molecular weight excluding hydrogens is 483 g/mol. The van der Waals surface area contributed by atoms with E-state index in [1.165, 1.54) is 19.2 Å². The first-order chi connectivity index (χ1) is 16.5. The summed E-state index contributed by atoms with van der Waals surface area (Å²) in [5.74, 6) is -1.15. The molecule has 4 rings (SSSR count). The minimum Gasteiger partial charge on any atom is -0.497 e. The lowest BCUT2D eigenvalue weighted by Crippen LogP contribution is -2.36. The van der Waals surface area contributed by atoms with E-state index >= 15 is 0 Å². The van der Waals surface area contributed by atoms with Crippen LogP contribution in [-0.2, 0) is 31.7 Å². The largest absolute Gasteiger partial charge is 0.497 e. The number of anilines is 1. The summed E-state index contributed by atoms with van der Waals surface area (Å²) in [6, 6.07) is 15.4. The highest BCUT2D eigenvalue weighted by Crippen LogP contribution is 2.38. The molecule has 3 aromatic carbocycles. The number of ether oxygens (including phenoxy) is 1. The molecule has 0 saturated carbocycles. The summed E-state index contributed by atoms with van der Waals surface area (Å²) in [5.41, 5.74) is 0.859. The van der Waals surface area contributed by atoms with Gasteiger partial charge in [-0.05, 0) is 66.9 Å². The zero-order valence-corrected chi connectivity index (χ0v) is 19.6. The van der Waals surface area contributed by atoms with Crippen molar-refractivity contribution in [3.63, 3.8) is 0 Å². The van der Waals surface area contributed by atoms with Gasteiger partial charge in [0, 0.05) is 11.6 Å². The second-order valence-electron chi connectivity index (χ2n) is 8.23. The molecule has 1 aliphatic rings. The number of aryl methyl sites for hydroxylation is 1. The number of hydrogen-bond donors (Lipinski definition) is 1. The molecule has 184 valence electrons. The Morgan fingerprint density at radius 1 is 0.971 bits per heavy atom. The van der Waals surface area contributed by atoms with Crippen molar-refractivity contribution < 1.29 is 35.3 Å². The van der Waals surface area contributed by atoms with Crippen LogP contribution in [0, 0.1) is 6.92 Å². The molecule has 0 spiro atoms. The molecule has 6 nitrogen and oxygen atoms in total. The van der Waals surface area contributed by atoms with Gasteiger partial charge in [0.2, 0.25) is 0 Å². The van der Waals surface area contributed by atoms with E-state index in [9.17, 15) is 26.4 Å². The SMILES string of the molecule is COc1ccc([C@H]2Cc3cc(C(F)(F)F)ccc3NC(=O)[C@@H]2OS(=O)(=O)c2ccc(C)cc2)cc1. The second-order valence-corrected chi connectivity index (χ2v) is 9.80. The number of amides is 1. The van der Waals surface area contributed by atoms with E-state index in [1.807, 2.05) is 0 Å². The van der Waals surface area contributed by atoms with E-state index in [0.717, 1.165) is 23.8 Å². The zero-order valence-electron chi connectivity index (χ0n) is 18.8. The first-order valence-corrected chi connectivity index (χ1v) is 12.0. The Kier molecular flexibility index (Phi) is 6.61. The molecule has 3 aromatic rings. The van der Waals surface area contributed by atoms with Crippen LogP contribution in [0.5, 0.6) is 5.75 Å². The molecule has 1 heterocycles. The molecule has 1 N–H and O–H groups in total. The van der Waals surface area contributed by atoms with Gasteiger partial charge in [0.1, 0.15) is 5.75 Å². The van der Waals surface area contributed by atoms with Gasteiger partial charge in [0.05, 0.1) is 17.6 Å². The maximum Gasteiger partial charge on any atom is 0.416 e. The Morgan fingerprint density at radius 3 is 2.23 bits per heavy atom. The van der Waals surface area contributed by atoms with Crippen LogP contribution in [0.2, 0.25) is 0 Å². The lowest BCUT2D eigenvalue weighted by molar-refractivity contribution is -0.137. The van der Waals surface area contributed by atoms with Gasteiger partial charge in [-0.25, -0.2) is 0 Å². The number of benzene rings is 3. The number of fused-ring (bicyclic) bond motifs is 1. The molecule has 0 radical (unpaired) electrons. The molecule has 35 heavy (non-hydrogen) atoms. The lowest BCUT2D eigenvalue weighted by Gasteiger charge is -2.24. The number of nitrogens with one attached hydrogen (secondary N) is 1. The van der Waals surface area contributed by atoms with Gasteiger partial charge < -0.3 is 10.1 Å². The van der Waals surface area contributed by atoms with Crippen LogP contribution in [0.15, 0.2) is 71.6 Å². The zero-order chi connectivity index (χ0) is 25.4. The van der Waals surface area contributed by atoms with Crippen LogP contribution in [0.25, 0.3) is 0 Å². The van der Waals surface area contributed by atoms with Crippen LogP contribution < -0.4 is 10.1 Å². The molecule has 1 amide bonds. The minimum absolute atomic E-state index is 0.0710. The van der Waals surface area contributed by atoms with Crippen molar-refractivity contribution in [2.45, 2.75) is 36.4 Å². The summed E-state index contributed by atoms with van der Waals surface area (Å²) >= 11 is 0. The maximum absolute atomic E-state index is 13.3. The summed E-state index contributed by atoms with van der Waals surface area (Å²) < 4.78 is 76.7. The quantitative estimate of drug-likeness (QED) is 0.490. The number of rotatable bonds is 5. The van der Waals surface area contributed by atoms with Gasteiger partial charge in [-0.1, -0.05) is 29.8 Å². The van der Waals surface area contributed by atoms with Gasteiger partial charge >= 0.3 is 6.18 Å². The molecule has 2 atom stereocenters. The van der Waals surface area contributed by atoms with Crippen molar-refractivity contribution in [3.05, 3.63) is 89.0 Å².